The number of benzene rings is 2. The highest BCUT2D eigenvalue weighted by Gasteiger charge is 2.21. The number of hydrogen-bond acceptors (Lipinski definition) is 3. The quantitative estimate of drug-likeness (QED) is 0.519. The van der Waals surface area contributed by atoms with Gasteiger partial charge in [-0.2, -0.15) is 0 Å². The van der Waals surface area contributed by atoms with Gasteiger partial charge in [0.25, 0.3) is 11.5 Å². The summed E-state index contributed by atoms with van der Waals surface area (Å²) in [6.07, 6.45) is 6.77. The fourth-order valence-corrected chi connectivity index (χ4v) is 4.29. The Labute approximate surface area is 197 Å². The maximum absolute atomic E-state index is 12.8. The summed E-state index contributed by atoms with van der Waals surface area (Å²) in [6.45, 7) is 0.297. The molecule has 0 aliphatic heterocycles. The summed E-state index contributed by atoms with van der Waals surface area (Å²) < 4.78 is 1.50. The summed E-state index contributed by atoms with van der Waals surface area (Å²) in [5.74, 6) is -0.277. The van der Waals surface area contributed by atoms with Crippen molar-refractivity contribution in [3.05, 3.63) is 93.4 Å². The third-order valence-corrected chi connectivity index (χ3v) is 6.28. The average Bonchev–Trinajstić information content (AvgIpc) is 2.83. The highest BCUT2D eigenvalue weighted by atomic mass is 35.5. The van der Waals surface area contributed by atoms with Crippen LogP contribution in [0.2, 0.25) is 5.02 Å². The molecule has 7 heteroatoms. The summed E-state index contributed by atoms with van der Waals surface area (Å²) in [4.78, 5) is 37.6. The van der Waals surface area contributed by atoms with E-state index in [2.05, 4.69) is 10.6 Å². The van der Waals surface area contributed by atoms with Crippen LogP contribution in [0.15, 0.2) is 71.7 Å². The van der Waals surface area contributed by atoms with Crippen LogP contribution in [0.5, 0.6) is 0 Å². The Bertz CT molecular complexity index is 1220. The number of nitrogens with one attached hydrogen (secondary N) is 2. The first-order chi connectivity index (χ1) is 16.0. The largest absolute Gasteiger partial charge is 0.326 e. The summed E-state index contributed by atoms with van der Waals surface area (Å²) in [7, 11) is 0. The van der Waals surface area contributed by atoms with Gasteiger partial charge >= 0.3 is 0 Å². The van der Waals surface area contributed by atoms with Crippen LogP contribution in [-0.4, -0.2) is 16.4 Å². The highest BCUT2D eigenvalue weighted by Crippen LogP contribution is 2.25. The molecule has 170 valence electrons. The minimum Gasteiger partial charge on any atom is -0.326 e. The molecule has 2 amide bonds. The molecule has 2 N–H and O–H groups in total. The zero-order valence-electron chi connectivity index (χ0n) is 18.2. The molecule has 1 aliphatic rings. The molecule has 0 bridgehead atoms. The summed E-state index contributed by atoms with van der Waals surface area (Å²) in [6, 6.07) is 17.2. The minimum absolute atomic E-state index is 0.0129. The molecule has 2 aromatic carbocycles. The molecule has 0 unspecified atom stereocenters. The second-order valence-corrected chi connectivity index (χ2v) is 8.74. The monoisotopic (exact) mass is 463 g/mol. The van der Waals surface area contributed by atoms with E-state index in [1.165, 1.54) is 17.1 Å². The van der Waals surface area contributed by atoms with Gasteiger partial charge in [-0.1, -0.05) is 55.1 Å². The predicted octanol–water partition coefficient (Wildman–Crippen LogP) is 5.32. The van der Waals surface area contributed by atoms with Crippen molar-refractivity contribution in [2.45, 2.75) is 38.6 Å². The molecule has 1 heterocycles. The van der Waals surface area contributed by atoms with E-state index in [-0.39, 0.29) is 23.3 Å². The van der Waals surface area contributed by atoms with Crippen LogP contribution in [0.25, 0.3) is 0 Å². The number of anilines is 2. The fraction of sp³-hybridized carbons (Fsp3) is 0.269. The maximum Gasteiger partial charge on any atom is 0.255 e. The van der Waals surface area contributed by atoms with Gasteiger partial charge in [-0.25, -0.2) is 0 Å². The van der Waals surface area contributed by atoms with Gasteiger partial charge in [0.05, 0.1) is 12.2 Å². The van der Waals surface area contributed by atoms with Gasteiger partial charge in [0, 0.05) is 34.5 Å². The van der Waals surface area contributed by atoms with Crippen molar-refractivity contribution in [2.75, 3.05) is 10.6 Å². The van der Waals surface area contributed by atoms with Crippen LogP contribution < -0.4 is 16.2 Å². The van der Waals surface area contributed by atoms with Crippen molar-refractivity contribution in [1.82, 2.24) is 4.57 Å². The van der Waals surface area contributed by atoms with Crippen LogP contribution in [0.3, 0.4) is 0 Å². The minimum atomic E-state index is -0.327. The zero-order valence-corrected chi connectivity index (χ0v) is 19.0. The molecule has 0 atom stereocenters. The summed E-state index contributed by atoms with van der Waals surface area (Å²) in [5.41, 5.74) is 2.12. The number of hydrogen-bond donors (Lipinski definition) is 2. The second-order valence-electron chi connectivity index (χ2n) is 8.33. The van der Waals surface area contributed by atoms with E-state index in [9.17, 15) is 14.4 Å². The molecular formula is C26H26ClN3O3. The Morgan fingerprint density at radius 1 is 0.909 bits per heavy atom. The van der Waals surface area contributed by atoms with Crippen LogP contribution in [0, 0.1) is 5.92 Å². The number of aromatic nitrogens is 1. The molecule has 1 aromatic heterocycles. The van der Waals surface area contributed by atoms with Gasteiger partial charge in [0.2, 0.25) is 5.91 Å². The SMILES string of the molecule is O=C(Nc1ccc(=O)n(Cc2ccccc2Cl)c1)c1cccc(NC(=O)C2CCCCC2)c1. The van der Waals surface area contributed by atoms with Gasteiger partial charge in [-0.05, 0) is 48.7 Å². The molecule has 0 saturated heterocycles. The van der Waals surface area contributed by atoms with E-state index >= 15 is 0 Å². The van der Waals surface area contributed by atoms with Crippen molar-refractivity contribution in [3.63, 3.8) is 0 Å². The maximum atomic E-state index is 12.8. The number of carbonyl (C=O) groups is 2. The van der Waals surface area contributed by atoms with E-state index in [1.54, 1.807) is 42.6 Å². The van der Waals surface area contributed by atoms with Crippen LogP contribution in [0.1, 0.15) is 48.0 Å². The van der Waals surface area contributed by atoms with Crippen LogP contribution in [-0.2, 0) is 11.3 Å². The first-order valence-corrected chi connectivity index (χ1v) is 11.5. The number of rotatable bonds is 6. The van der Waals surface area contributed by atoms with Crippen LogP contribution >= 0.6 is 11.6 Å². The van der Waals surface area contributed by atoms with Gasteiger partial charge in [0.1, 0.15) is 0 Å². The Hall–Kier alpha value is -3.38. The third kappa shape index (κ3) is 5.90. The molecule has 0 radical (unpaired) electrons. The Morgan fingerprint density at radius 3 is 2.48 bits per heavy atom. The number of pyridine rings is 1. The lowest BCUT2D eigenvalue weighted by molar-refractivity contribution is -0.120. The van der Waals surface area contributed by atoms with Crippen LogP contribution in [0.4, 0.5) is 11.4 Å². The molecule has 6 nitrogen and oxygen atoms in total. The molecule has 1 fully saturated rings. The molecular weight excluding hydrogens is 438 g/mol. The second kappa shape index (κ2) is 10.5. The molecule has 4 rings (SSSR count). The van der Waals surface area contributed by atoms with Gasteiger partial charge in [-0.15, -0.1) is 0 Å². The standard InChI is InChI=1S/C26H26ClN3O3/c27-23-12-5-4-9-20(23)16-30-17-22(13-14-24(30)31)29-26(33)19-10-6-11-21(15-19)28-25(32)18-7-2-1-3-8-18/h4-6,9-15,17-18H,1-3,7-8,16H2,(H,28,32)(H,29,33). The average molecular weight is 464 g/mol. The first-order valence-electron chi connectivity index (χ1n) is 11.2. The summed E-state index contributed by atoms with van der Waals surface area (Å²) >= 11 is 6.22. The van der Waals surface area contributed by atoms with Gasteiger partial charge in [0.15, 0.2) is 0 Å². The van der Waals surface area contributed by atoms with E-state index < -0.39 is 0 Å². The predicted molar refractivity (Wildman–Crippen MR) is 131 cm³/mol. The summed E-state index contributed by atoms with van der Waals surface area (Å²) in [5, 5.41) is 6.34. The van der Waals surface area contributed by atoms with E-state index in [1.807, 2.05) is 18.2 Å². The number of halogens is 1. The van der Waals surface area contributed by atoms with E-state index in [0.717, 1.165) is 31.2 Å². The van der Waals surface area contributed by atoms with Crippen molar-refractivity contribution < 1.29 is 9.59 Å². The lowest BCUT2D eigenvalue weighted by atomic mass is 9.88. The molecule has 3 aromatic rings. The van der Waals surface area contributed by atoms with Crippen molar-refractivity contribution in [1.29, 1.82) is 0 Å². The Kier molecular flexibility index (Phi) is 7.25. The number of amides is 2. The first kappa shape index (κ1) is 22.8. The van der Waals surface area contributed by atoms with Gasteiger partial charge in [-0.3, -0.25) is 14.4 Å². The Morgan fingerprint density at radius 2 is 1.70 bits per heavy atom. The highest BCUT2D eigenvalue weighted by molar-refractivity contribution is 6.31. The van der Waals surface area contributed by atoms with Crippen molar-refractivity contribution >= 4 is 34.8 Å². The van der Waals surface area contributed by atoms with Crippen molar-refractivity contribution in [3.8, 4) is 0 Å². The van der Waals surface area contributed by atoms with Gasteiger partial charge < -0.3 is 15.2 Å². The van der Waals surface area contributed by atoms with Crippen molar-refractivity contribution in [2.24, 2.45) is 5.92 Å². The third-order valence-electron chi connectivity index (χ3n) is 5.91. The smallest absolute Gasteiger partial charge is 0.255 e. The molecule has 1 aliphatic carbocycles. The Balaban J connectivity index is 1.45. The molecule has 0 spiro atoms. The fourth-order valence-electron chi connectivity index (χ4n) is 4.09. The lowest BCUT2D eigenvalue weighted by Crippen LogP contribution is -2.25. The topological polar surface area (TPSA) is 80.2 Å². The molecule has 1 saturated carbocycles. The normalized spacial score (nSPS) is 14.0. The number of carbonyl (C=O) groups excluding carboxylic acids is 2. The van der Waals surface area contributed by atoms with E-state index in [4.69, 9.17) is 11.6 Å². The molecule has 33 heavy (non-hydrogen) atoms. The zero-order chi connectivity index (χ0) is 23.2. The lowest BCUT2D eigenvalue weighted by Gasteiger charge is -2.20. The number of nitrogens with zero attached hydrogens (tertiary/aromatic N) is 1. The van der Waals surface area contributed by atoms with E-state index in [0.29, 0.717) is 28.5 Å².